The highest BCUT2D eigenvalue weighted by atomic mass is 16.2. The summed E-state index contributed by atoms with van der Waals surface area (Å²) in [4.78, 5) is 29.7. The van der Waals surface area contributed by atoms with Crippen LogP contribution in [-0.2, 0) is 16.0 Å². The van der Waals surface area contributed by atoms with Crippen molar-refractivity contribution in [1.82, 2.24) is 4.90 Å². The number of aryl methyl sites for hydroxylation is 1. The van der Waals surface area contributed by atoms with Gasteiger partial charge < -0.3 is 9.69 Å². The Bertz CT molecular complexity index is 841. The maximum absolute atomic E-state index is 13.0. The van der Waals surface area contributed by atoms with Crippen LogP contribution in [0.15, 0.2) is 24.3 Å². The summed E-state index contributed by atoms with van der Waals surface area (Å²) in [5.74, 6) is 2.28. The molecular formula is C29H42N2O2. The van der Waals surface area contributed by atoms with Gasteiger partial charge in [-0.2, -0.15) is 0 Å². The zero-order valence-electron chi connectivity index (χ0n) is 20.7. The van der Waals surface area contributed by atoms with Crippen molar-refractivity contribution in [3.05, 3.63) is 29.8 Å². The topological polar surface area (TPSA) is 40.6 Å². The number of piperidine rings is 2. The lowest BCUT2D eigenvalue weighted by atomic mass is 9.68. The van der Waals surface area contributed by atoms with E-state index in [1.807, 2.05) is 12.1 Å². The van der Waals surface area contributed by atoms with Crippen LogP contribution >= 0.6 is 0 Å². The Morgan fingerprint density at radius 3 is 2.12 bits per heavy atom. The number of fused-ring (bicyclic) bond motifs is 4. The molecule has 4 nitrogen and oxygen atoms in total. The van der Waals surface area contributed by atoms with Gasteiger partial charge in [-0.1, -0.05) is 43.9 Å². The van der Waals surface area contributed by atoms with E-state index in [2.05, 4.69) is 21.9 Å². The third kappa shape index (κ3) is 4.92. The van der Waals surface area contributed by atoms with Crippen molar-refractivity contribution in [2.75, 3.05) is 4.90 Å². The molecule has 1 amide bonds. The highest BCUT2D eigenvalue weighted by Crippen LogP contribution is 2.46. The number of nitrogens with zero attached hydrogens (tertiary/aromatic N) is 2. The second kappa shape index (κ2) is 9.90. The minimum atomic E-state index is 0.147. The summed E-state index contributed by atoms with van der Waals surface area (Å²) in [7, 11) is 0. The van der Waals surface area contributed by atoms with Crippen LogP contribution in [0, 0.1) is 11.8 Å². The number of hydrogen-bond acceptors (Lipinski definition) is 3. The van der Waals surface area contributed by atoms with E-state index < -0.39 is 0 Å². The molecule has 0 N–H and O–H groups in total. The van der Waals surface area contributed by atoms with E-state index in [0.29, 0.717) is 24.9 Å². The molecule has 180 valence electrons. The van der Waals surface area contributed by atoms with Gasteiger partial charge in [0.15, 0.2) is 0 Å². The second-order valence-electron chi connectivity index (χ2n) is 11.6. The largest absolute Gasteiger partial charge is 0.309 e. The predicted molar refractivity (Wildman–Crippen MR) is 133 cm³/mol. The normalized spacial score (nSPS) is 34.0. The van der Waals surface area contributed by atoms with Gasteiger partial charge in [-0.05, 0) is 81.8 Å². The summed E-state index contributed by atoms with van der Waals surface area (Å²) < 4.78 is 0. The fraction of sp³-hybridized carbons (Fsp3) is 0.724. The summed E-state index contributed by atoms with van der Waals surface area (Å²) in [5.41, 5.74) is 2.17. The van der Waals surface area contributed by atoms with Crippen LogP contribution in [0.2, 0.25) is 0 Å². The van der Waals surface area contributed by atoms with Crippen molar-refractivity contribution < 1.29 is 9.59 Å². The predicted octanol–water partition coefficient (Wildman–Crippen LogP) is 5.92. The number of carbonyl (C=O) groups is 2. The molecular weight excluding hydrogens is 408 g/mol. The van der Waals surface area contributed by atoms with Gasteiger partial charge >= 0.3 is 0 Å². The standard InChI is InChI=1S/C29H42N2O2/c1-20(32)13-14-24-9-3-4-12-29(24)30(21(2)33)28-18-25-10-6-11-26(19-28)31(25)27-16-22-7-5-8-23(15-22)17-27/h3-4,9,12,22-23,25-28H,5-8,10-11,13-19H2,1-2H3. The molecule has 4 fully saturated rings. The smallest absolute Gasteiger partial charge is 0.224 e. The van der Waals surface area contributed by atoms with Crippen LogP contribution in [0.4, 0.5) is 5.69 Å². The number of ketones is 1. The monoisotopic (exact) mass is 450 g/mol. The van der Waals surface area contributed by atoms with E-state index in [4.69, 9.17) is 0 Å². The molecule has 4 atom stereocenters. The number of para-hydroxylation sites is 1. The van der Waals surface area contributed by atoms with Crippen molar-refractivity contribution in [3.63, 3.8) is 0 Å². The van der Waals surface area contributed by atoms with E-state index >= 15 is 0 Å². The Hall–Kier alpha value is -1.68. The molecule has 4 bridgehead atoms. The summed E-state index contributed by atoms with van der Waals surface area (Å²) in [6.45, 7) is 3.38. The van der Waals surface area contributed by atoms with Crippen LogP contribution in [0.3, 0.4) is 0 Å². The van der Waals surface area contributed by atoms with E-state index in [1.165, 1.54) is 57.8 Å². The Morgan fingerprint density at radius 2 is 1.48 bits per heavy atom. The summed E-state index contributed by atoms with van der Waals surface area (Å²) >= 11 is 0. The SMILES string of the molecule is CC(=O)CCc1ccccc1N(C(C)=O)C1CC2CCCC(C1)N2C1CC2CCCC(C2)C1. The van der Waals surface area contributed by atoms with E-state index in [1.54, 1.807) is 13.8 Å². The Morgan fingerprint density at radius 1 is 0.848 bits per heavy atom. The molecule has 1 aromatic rings. The zero-order valence-corrected chi connectivity index (χ0v) is 20.7. The average Bonchev–Trinajstić information content (AvgIpc) is 2.77. The third-order valence-corrected chi connectivity index (χ3v) is 9.23. The Kier molecular flexibility index (Phi) is 6.92. The average molecular weight is 451 g/mol. The Balaban J connectivity index is 1.36. The van der Waals surface area contributed by atoms with Crippen LogP contribution in [0.25, 0.3) is 0 Å². The zero-order chi connectivity index (χ0) is 22.9. The van der Waals surface area contributed by atoms with Gasteiger partial charge in [0, 0.05) is 43.2 Å². The molecule has 5 rings (SSSR count). The molecule has 2 saturated carbocycles. The number of rotatable bonds is 6. The quantitative estimate of drug-likeness (QED) is 0.540. The fourth-order valence-corrected chi connectivity index (χ4v) is 8.03. The lowest BCUT2D eigenvalue weighted by Crippen LogP contribution is -2.61. The number of benzene rings is 1. The maximum atomic E-state index is 13.0. The van der Waals surface area contributed by atoms with E-state index in [0.717, 1.165) is 42.0 Å². The number of anilines is 1. The first-order valence-corrected chi connectivity index (χ1v) is 13.6. The van der Waals surface area contributed by atoms with Gasteiger partial charge in [0.1, 0.15) is 5.78 Å². The van der Waals surface area contributed by atoms with Gasteiger partial charge in [0.25, 0.3) is 0 Å². The molecule has 2 heterocycles. The number of carbonyl (C=O) groups excluding carboxylic acids is 2. The summed E-state index contributed by atoms with van der Waals surface area (Å²) in [5, 5.41) is 0. The molecule has 2 aliphatic heterocycles. The lowest BCUT2D eigenvalue weighted by Gasteiger charge is -2.56. The van der Waals surface area contributed by atoms with Crippen molar-refractivity contribution in [3.8, 4) is 0 Å². The molecule has 33 heavy (non-hydrogen) atoms. The summed E-state index contributed by atoms with van der Waals surface area (Å²) in [6, 6.07) is 10.6. The lowest BCUT2D eigenvalue weighted by molar-refractivity contribution is -0.118. The van der Waals surface area contributed by atoms with Crippen LogP contribution in [0.1, 0.15) is 96.5 Å². The first kappa shape index (κ1) is 23.1. The molecule has 1 aromatic carbocycles. The summed E-state index contributed by atoms with van der Waals surface area (Å²) in [6.07, 6.45) is 16.0. The number of amides is 1. The van der Waals surface area contributed by atoms with Crippen LogP contribution in [0.5, 0.6) is 0 Å². The van der Waals surface area contributed by atoms with E-state index in [9.17, 15) is 9.59 Å². The third-order valence-electron chi connectivity index (χ3n) is 9.23. The van der Waals surface area contributed by atoms with E-state index in [-0.39, 0.29) is 17.7 Å². The highest BCUT2D eigenvalue weighted by molar-refractivity contribution is 5.93. The van der Waals surface area contributed by atoms with Gasteiger partial charge in [-0.15, -0.1) is 0 Å². The maximum Gasteiger partial charge on any atom is 0.224 e. The van der Waals surface area contributed by atoms with Crippen LogP contribution in [-0.4, -0.2) is 40.8 Å². The van der Waals surface area contributed by atoms with Gasteiger partial charge in [0.05, 0.1) is 0 Å². The second-order valence-corrected chi connectivity index (χ2v) is 11.6. The molecule has 0 aromatic heterocycles. The molecule has 2 saturated heterocycles. The minimum absolute atomic E-state index is 0.147. The highest BCUT2D eigenvalue weighted by Gasteiger charge is 2.46. The van der Waals surface area contributed by atoms with Crippen molar-refractivity contribution >= 4 is 17.4 Å². The first-order valence-electron chi connectivity index (χ1n) is 13.6. The Labute approximate surface area is 200 Å². The molecule has 4 aliphatic rings. The minimum Gasteiger partial charge on any atom is -0.309 e. The van der Waals surface area contributed by atoms with Crippen molar-refractivity contribution in [1.29, 1.82) is 0 Å². The molecule has 0 radical (unpaired) electrons. The van der Waals surface area contributed by atoms with Gasteiger partial charge in [0.2, 0.25) is 5.91 Å². The first-order chi connectivity index (χ1) is 16.0. The molecule has 2 aliphatic carbocycles. The molecule has 0 spiro atoms. The molecule has 4 heteroatoms. The molecule has 4 unspecified atom stereocenters. The number of Topliss-reactive ketones (excluding diaryl/α,β-unsaturated/α-hetero) is 1. The van der Waals surface area contributed by atoms with Crippen LogP contribution < -0.4 is 4.90 Å². The van der Waals surface area contributed by atoms with Gasteiger partial charge in [-0.25, -0.2) is 0 Å². The van der Waals surface area contributed by atoms with Gasteiger partial charge in [-0.3, -0.25) is 9.69 Å². The van der Waals surface area contributed by atoms with Crippen molar-refractivity contribution in [2.45, 2.75) is 121 Å². The number of hydrogen-bond donors (Lipinski definition) is 0. The van der Waals surface area contributed by atoms with Crippen molar-refractivity contribution in [2.24, 2.45) is 11.8 Å². The fourth-order valence-electron chi connectivity index (χ4n) is 8.03.